The maximum absolute atomic E-state index is 12.7. The third-order valence-electron chi connectivity index (χ3n) is 3.90. The van der Waals surface area contributed by atoms with Gasteiger partial charge in [-0.15, -0.1) is 0 Å². The molecule has 1 unspecified atom stereocenters. The summed E-state index contributed by atoms with van der Waals surface area (Å²) in [5, 5.41) is 0. The Morgan fingerprint density at radius 2 is 2.00 bits per heavy atom. The molecule has 0 bridgehead atoms. The third-order valence-corrected chi connectivity index (χ3v) is 5.32. The lowest BCUT2D eigenvalue weighted by Crippen LogP contribution is -2.45. The molecule has 1 aliphatic rings. The van der Waals surface area contributed by atoms with Crippen molar-refractivity contribution in [3.05, 3.63) is 29.6 Å². The molecule has 1 aromatic rings. The van der Waals surface area contributed by atoms with Crippen LogP contribution in [0.2, 0.25) is 0 Å². The van der Waals surface area contributed by atoms with Gasteiger partial charge in [-0.05, 0) is 31.4 Å². The van der Waals surface area contributed by atoms with Gasteiger partial charge in [-0.3, -0.25) is 9.78 Å². The number of piperidine rings is 1. The van der Waals surface area contributed by atoms with Crippen LogP contribution in [-0.2, 0) is 6.18 Å². The number of nitrogens with zero attached hydrogens (tertiary/aromatic N) is 2. The van der Waals surface area contributed by atoms with Crippen LogP contribution >= 0.6 is 11.8 Å². The smallest absolute Gasteiger partial charge is 0.335 e. The van der Waals surface area contributed by atoms with Crippen LogP contribution in [0.4, 0.5) is 13.2 Å². The van der Waals surface area contributed by atoms with Crippen LogP contribution in [0.15, 0.2) is 18.3 Å². The van der Waals surface area contributed by atoms with Crippen molar-refractivity contribution in [2.75, 3.05) is 12.3 Å². The predicted octanol–water partition coefficient (Wildman–Crippen LogP) is 4.63. The van der Waals surface area contributed by atoms with Crippen LogP contribution < -0.4 is 0 Å². The molecule has 1 amide bonds. The first-order chi connectivity index (χ1) is 11.1. The molecule has 134 valence electrons. The average molecular weight is 360 g/mol. The molecule has 1 atom stereocenters. The molecule has 1 fully saturated rings. The highest BCUT2D eigenvalue weighted by atomic mass is 32.2. The summed E-state index contributed by atoms with van der Waals surface area (Å²) in [6, 6.07) is 2.22. The van der Waals surface area contributed by atoms with Gasteiger partial charge in [-0.25, -0.2) is 0 Å². The molecule has 7 heteroatoms. The fraction of sp³-hybridized carbons (Fsp3) is 0.647. The van der Waals surface area contributed by atoms with E-state index in [9.17, 15) is 18.0 Å². The average Bonchev–Trinajstić information content (AvgIpc) is 2.51. The maximum Gasteiger partial charge on any atom is 0.433 e. The number of hydrogen-bond donors (Lipinski definition) is 0. The topological polar surface area (TPSA) is 33.2 Å². The van der Waals surface area contributed by atoms with E-state index in [-0.39, 0.29) is 22.3 Å². The molecule has 24 heavy (non-hydrogen) atoms. The molecule has 0 N–H and O–H groups in total. The minimum atomic E-state index is -4.49. The number of rotatable bonds is 3. The first-order valence-corrected chi connectivity index (χ1v) is 9.05. The molecule has 1 saturated heterocycles. The lowest BCUT2D eigenvalue weighted by Gasteiger charge is -2.37. The Morgan fingerprint density at radius 3 is 2.54 bits per heavy atom. The monoisotopic (exact) mass is 360 g/mol. The highest BCUT2D eigenvalue weighted by molar-refractivity contribution is 8.00. The van der Waals surface area contributed by atoms with Crippen LogP contribution in [0.5, 0.6) is 0 Å². The van der Waals surface area contributed by atoms with Gasteiger partial charge in [-0.1, -0.05) is 20.8 Å². The van der Waals surface area contributed by atoms with E-state index in [4.69, 9.17) is 0 Å². The van der Waals surface area contributed by atoms with Gasteiger partial charge in [-0.2, -0.15) is 24.9 Å². The van der Waals surface area contributed by atoms with Crippen molar-refractivity contribution in [1.29, 1.82) is 0 Å². The van der Waals surface area contributed by atoms with Crippen molar-refractivity contribution in [3.63, 3.8) is 0 Å². The Hall–Kier alpha value is -1.24. The van der Waals surface area contributed by atoms with Crippen molar-refractivity contribution >= 4 is 17.7 Å². The van der Waals surface area contributed by atoms with E-state index >= 15 is 0 Å². The summed E-state index contributed by atoms with van der Waals surface area (Å²) < 4.78 is 37.9. The second-order valence-electron chi connectivity index (χ2n) is 7.00. The molecule has 0 aromatic carbocycles. The van der Waals surface area contributed by atoms with Crippen molar-refractivity contribution in [3.8, 4) is 0 Å². The van der Waals surface area contributed by atoms with Crippen LogP contribution in [-0.4, -0.2) is 38.9 Å². The largest absolute Gasteiger partial charge is 0.433 e. The van der Waals surface area contributed by atoms with Gasteiger partial charge in [0.1, 0.15) is 5.69 Å². The first kappa shape index (κ1) is 19.1. The Morgan fingerprint density at radius 1 is 1.29 bits per heavy atom. The number of aromatic nitrogens is 1. The maximum atomic E-state index is 12.7. The Bertz CT molecular complexity index is 567. The van der Waals surface area contributed by atoms with Gasteiger partial charge in [0.25, 0.3) is 5.91 Å². The molecule has 0 aliphatic carbocycles. The molecule has 0 saturated carbocycles. The zero-order chi connectivity index (χ0) is 18.0. The van der Waals surface area contributed by atoms with Crippen LogP contribution in [0.1, 0.15) is 56.1 Å². The summed E-state index contributed by atoms with van der Waals surface area (Å²) in [7, 11) is 0. The summed E-state index contributed by atoms with van der Waals surface area (Å²) in [6.45, 7) is 7.04. The van der Waals surface area contributed by atoms with Gasteiger partial charge < -0.3 is 4.90 Å². The van der Waals surface area contributed by atoms with Gasteiger partial charge >= 0.3 is 6.18 Å². The quantitative estimate of drug-likeness (QED) is 0.788. The summed E-state index contributed by atoms with van der Waals surface area (Å²) in [5.74, 6) is 0.610. The number of carbonyl (C=O) groups excluding carboxylic acids is 1. The lowest BCUT2D eigenvalue weighted by molar-refractivity contribution is -0.141. The lowest BCUT2D eigenvalue weighted by atomic mass is 10.0. The van der Waals surface area contributed by atoms with Gasteiger partial charge in [0.05, 0.1) is 5.56 Å². The standard InChI is InChI=1S/C17H23F3N2OS/c1-16(2,3)24-11-13-6-4-5-9-22(13)15(23)12-7-8-14(21-10-12)17(18,19)20/h7-8,10,13H,4-6,9,11H2,1-3H3. The number of halogens is 3. The van der Waals surface area contributed by atoms with Crippen LogP contribution in [0, 0.1) is 0 Å². The van der Waals surface area contributed by atoms with E-state index in [1.807, 2.05) is 0 Å². The van der Waals surface area contributed by atoms with Crippen LogP contribution in [0.3, 0.4) is 0 Å². The number of amides is 1. The van der Waals surface area contributed by atoms with Crippen molar-refractivity contribution in [1.82, 2.24) is 9.88 Å². The summed E-state index contributed by atoms with van der Waals surface area (Å²) in [6.07, 6.45) is -0.518. The molecule has 3 nitrogen and oxygen atoms in total. The molecule has 2 heterocycles. The van der Waals surface area contributed by atoms with E-state index < -0.39 is 11.9 Å². The van der Waals surface area contributed by atoms with Gasteiger partial charge in [0.15, 0.2) is 0 Å². The number of hydrogen-bond acceptors (Lipinski definition) is 3. The summed E-state index contributed by atoms with van der Waals surface area (Å²) in [5.41, 5.74) is -0.756. The number of pyridine rings is 1. The Balaban J connectivity index is 2.10. The second-order valence-corrected chi connectivity index (χ2v) is 8.85. The molecule has 2 rings (SSSR count). The van der Waals surface area contributed by atoms with Crippen LogP contribution in [0.25, 0.3) is 0 Å². The summed E-state index contributed by atoms with van der Waals surface area (Å²) >= 11 is 1.80. The SMILES string of the molecule is CC(C)(C)SCC1CCCCN1C(=O)c1ccc(C(F)(F)F)nc1. The van der Waals surface area contributed by atoms with E-state index in [0.29, 0.717) is 6.54 Å². The molecule has 1 aliphatic heterocycles. The Kier molecular flexibility index (Phi) is 5.83. The van der Waals surface area contributed by atoms with Crippen molar-refractivity contribution in [2.24, 2.45) is 0 Å². The zero-order valence-corrected chi connectivity index (χ0v) is 15.0. The second kappa shape index (κ2) is 7.33. The highest BCUT2D eigenvalue weighted by Gasteiger charge is 2.33. The number of likely N-dealkylation sites (tertiary alicyclic amines) is 1. The normalized spacial score (nSPS) is 19.4. The number of thioether (sulfide) groups is 1. The molecule has 0 radical (unpaired) electrons. The third kappa shape index (κ3) is 5.13. The molecular weight excluding hydrogens is 337 g/mol. The highest BCUT2D eigenvalue weighted by Crippen LogP contribution is 2.30. The van der Waals surface area contributed by atoms with E-state index in [1.54, 1.807) is 16.7 Å². The van der Waals surface area contributed by atoms with Crippen molar-refractivity contribution < 1.29 is 18.0 Å². The molecule has 1 aromatic heterocycles. The van der Waals surface area contributed by atoms with E-state index in [0.717, 1.165) is 37.3 Å². The number of carbonyl (C=O) groups is 1. The minimum absolute atomic E-state index is 0.113. The fourth-order valence-corrected chi connectivity index (χ4v) is 3.68. The van der Waals surface area contributed by atoms with E-state index in [1.165, 1.54) is 6.07 Å². The van der Waals surface area contributed by atoms with Gasteiger partial charge in [0.2, 0.25) is 0 Å². The predicted molar refractivity (Wildman–Crippen MR) is 90.1 cm³/mol. The molecule has 0 spiro atoms. The summed E-state index contributed by atoms with van der Waals surface area (Å²) in [4.78, 5) is 17.9. The zero-order valence-electron chi connectivity index (χ0n) is 14.2. The first-order valence-electron chi connectivity index (χ1n) is 8.06. The van der Waals surface area contributed by atoms with E-state index in [2.05, 4.69) is 25.8 Å². The number of alkyl halides is 3. The van der Waals surface area contributed by atoms with Crippen molar-refractivity contribution in [2.45, 2.75) is 57.0 Å². The minimum Gasteiger partial charge on any atom is -0.335 e. The molecular formula is C17H23F3N2OS. The van der Waals surface area contributed by atoms with Gasteiger partial charge in [0, 0.05) is 29.3 Å². The Labute approximate surface area is 145 Å². The fourth-order valence-electron chi connectivity index (χ4n) is 2.64.